The number of sulfonamides is 1. The van der Waals surface area contributed by atoms with Crippen molar-refractivity contribution in [3.05, 3.63) is 47.8 Å². The minimum Gasteiger partial charge on any atom is -0.444 e. The number of ether oxygens (including phenoxy) is 2. The molecule has 43 heavy (non-hydrogen) atoms. The standard InChI is InChI=1S/C30H43N7O5S/c1-8-11-23-19-41-15-14-37(23)27-17-22(20-43(39,40)36(9-2)10-3)32-28(34-27)25-13-12-24-26(33-25)16-21(31-24)18-35(7)29(38)42-30(4,5)6/h8,11-13,16-17,23,31H,9-10,14-15,18-20H2,1-7H3/b11-8+. The number of H-pyrrole nitrogens is 1. The van der Waals surface area contributed by atoms with Gasteiger partial charge in [-0.1, -0.05) is 26.0 Å². The van der Waals surface area contributed by atoms with Gasteiger partial charge in [-0.2, -0.15) is 0 Å². The number of aromatic nitrogens is 4. The van der Waals surface area contributed by atoms with Gasteiger partial charge in [0, 0.05) is 38.4 Å². The summed E-state index contributed by atoms with van der Waals surface area (Å²) < 4.78 is 39.0. The topological polar surface area (TPSA) is 134 Å². The van der Waals surface area contributed by atoms with E-state index in [1.54, 1.807) is 13.1 Å². The largest absolute Gasteiger partial charge is 0.444 e. The van der Waals surface area contributed by atoms with Crippen LogP contribution in [0.2, 0.25) is 0 Å². The van der Waals surface area contributed by atoms with E-state index in [1.165, 1.54) is 9.21 Å². The van der Waals surface area contributed by atoms with Crippen LogP contribution in [0.25, 0.3) is 22.6 Å². The van der Waals surface area contributed by atoms with Gasteiger partial charge in [0.2, 0.25) is 10.0 Å². The van der Waals surface area contributed by atoms with E-state index in [1.807, 2.05) is 71.9 Å². The number of anilines is 1. The van der Waals surface area contributed by atoms with Crippen LogP contribution >= 0.6 is 0 Å². The number of aromatic amines is 1. The van der Waals surface area contributed by atoms with Crippen molar-refractivity contribution < 1.29 is 22.7 Å². The zero-order chi connectivity index (χ0) is 31.4. The number of carbonyl (C=O) groups excluding carboxylic acids is 1. The van der Waals surface area contributed by atoms with Crippen molar-refractivity contribution in [1.82, 2.24) is 29.1 Å². The maximum absolute atomic E-state index is 13.2. The fraction of sp³-hybridized carbons (Fsp3) is 0.533. The molecule has 4 rings (SSSR count). The van der Waals surface area contributed by atoms with Crippen LogP contribution in [0.15, 0.2) is 36.4 Å². The first-order valence-corrected chi connectivity index (χ1v) is 16.2. The molecule has 0 saturated carbocycles. The molecule has 0 radical (unpaired) electrons. The molecule has 1 aliphatic rings. The predicted molar refractivity (Wildman–Crippen MR) is 167 cm³/mol. The Morgan fingerprint density at radius 3 is 2.60 bits per heavy atom. The number of nitrogens with zero attached hydrogens (tertiary/aromatic N) is 6. The van der Waals surface area contributed by atoms with E-state index in [2.05, 4.69) is 14.9 Å². The summed E-state index contributed by atoms with van der Waals surface area (Å²) in [6, 6.07) is 7.28. The highest BCUT2D eigenvalue weighted by Gasteiger charge is 2.26. The van der Waals surface area contributed by atoms with Gasteiger partial charge in [-0.25, -0.2) is 32.5 Å². The van der Waals surface area contributed by atoms with E-state index < -0.39 is 21.7 Å². The van der Waals surface area contributed by atoms with Crippen molar-refractivity contribution in [2.24, 2.45) is 0 Å². The maximum atomic E-state index is 13.2. The van der Waals surface area contributed by atoms with Gasteiger partial charge in [-0.3, -0.25) is 0 Å². The Balaban J connectivity index is 1.71. The summed E-state index contributed by atoms with van der Waals surface area (Å²) in [4.78, 5) is 33.7. The molecule has 0 bridgehead atoms. The Bertz CT molecular complexity index is 1560. The molecule has 234 valence electrons. The number of amides is 1. The van der Waals surface area contributed by atoms with Gasteiger partial charge < -0.3 is 24.3 Å². The molecule has 1 saturated heterocycles. The zero-order valence-corrected chi connectivity index (χ0v) is 26.9. The van der Waals surface area contributed by atoms with E-state index in [4.69, 9.17) is 19.4 Å². The van der Waals surface area contributed by atoms with Crippen LogP contribution in [0.3, 0.4) is 0 Å². The number of fused-ring (bicyclic) bond motifs is 1. The molecule has 12 nitrogen and oxygen atoms in total. The SMILES string of the molecule is C/C=C/C1COCCN1c1cc(CS(=O)(=O)N(CC)CC)nc(-c2ccc3[nH]c(CN(C)C(=O)OC(C)(C)C)cc3n2)n1. The molecule has 4 heterocycles. The molecule has 1 amide bonds. The lowest BCUT2D eigenvalue weighted by atomic mass is 10.2. The third kappa shape index (κ3) is 8.09. The van der Waals surface area contributed by atoms with Crippen molar-refractivity contribution in [2.45, 2.75) is 65.5 Å². The number of hydrogen-bond acceptors (Lipinski definition) is 9. The first-order valence-electron chi connectivity index (χ1n) is 14.6. The monoisotopic (exact) mass is 613 g/mol. The lowest BCUT2D eigenvalue weighted by Crippen LogP contribution is -2.45. The Morgan fingerprint density at radius 1 is 1.19 bits per heavy atom. The number of morpholine rings is 1. The summed E-state index contributed by atoms with van der Waals surface area (Å²) >= 11 is 0. The van der Waals surface area contributed by atoms with Gasteiger partial charge in [-0.15, -0.1) is 0 Å². The number of allylic oxidation sites excluding steroid dienone is 1. The number of hydrogen-bond donors (Lipinski definition) is 1. The van der Waals surface area contributed by atoms with Crippen molar-refractivity contribution in [3.8, 4) is 11.5 Å². The summed E-state index contributed by atoms with van der Waals surface area (Å²) in [5.41, 5.74) is 2.57. The summed E-state index contributed by atoms with van der Waals surface area (Å²) in [5, 5.41) is 0. The molecule has 13 heteroatoms. The quantitative estimate of drug-likeness (QED) is 0.332. The molecular formula is C30H43N7O5S. The second kappa shape index (κ2) is 13.4. The van der Waals surface area contributed by atoms with Gasteiger partial charge in [0.05, 0.1) is 42.5 Å². The number of pyridine rings is 1. The van der Waals surface area contributed by atoms with Gasteiger partial charge in [-0.05, 0) is 45.9 Å². The van der Waals surface area contributed by atoms with Gasteiger partial charge in [0.1, 0.15) is 22.9 Å². The smallest absolute Gasteiger partial charge is 0.410 e. The van der Waals surface area contributed by atoms with Gasteiger partial charge >= 0.3 is 6.09 Å². The van der Waals surface area contributed by atoms with Crippen LogP contribution in [0.4, 0.5) is 10.6 Å². The van der Waals surface area contributed by atoms with Crippen LogP contribution in [0.5, 0.6) is 0 Å². The molecule has 1 fully saturated rings. The molecule has 3 aromatic rings. The molecule has 1 N–H and O–H groups in total. The van der Waals surface area contributed by atoms with E-state index in [9.17, 15) is 13.2 Å². The molecule has 1 atom stereocenters. The zero-order valence-electron chi connectivity index (χ0n) is 26.1. The van der Waals surface area contributed by atoms with Crippen molar-refractivity contribution in [3.63, 3.8) is 0 Å². The van der Waals surface area contributed by atoms with Crippen LogP contribution in [0.1, 0.15) is 52.9 Å². The average molecular weight is 614 g/mol. The van der Waals surface area contributed by atoms with E-state index in [0.717, 1.165) is 11.2 Å². The predicted octanol–water partition coefficient (Wildman–Crippen LogP) is 4.34. The molecule has 1 aliphatic heterocycles. The lowest BCUT2D eigenvalue weighted by Gasteiger charge is -2.35. The second-order valence-electron chi connectivity index (χ2n) is 11.5. The maximum Gasteiger partial charge on any atom is 0.410 e. The lowest BCUT2D eigenvalue weighted by molar-refractivity contribution is 0.0283. The molecule has 0 spiro atoms. The first kappa shape index (κ1) is 32.4. The number of carbonyl (C=O) groups is 1. The van der Waals surface area contributed by atoms with E-state index in [0.29, 0.717) is 67.9 Å². The van der Waals surface area contributed by atoms with Crippen LogP contribution in [-0.2, 0) is 31.8 Å². The fourth-order valence-corrected chi connectivity index (χ4v) is 6.43. The molecule has 0 aliphatic carbocycles. The second-order valence-corrected chi connectivity index (χ2v) is 13.5. The minimum absolute atomic E-state index is 0.0432. The van der Waals surface area contributed by atoms with Gasteiger partial charge in [0.15, 0.2) is 5.82 Å². The fourth-order valence-electron chi connectivity index (χ4n) is 4.94. The van der Waals surface area contributed by atoms with E-state index >= 15 is 0 Å². The molecular weight excluding hydrogens is 570 g/mol. The highest BCUT2D eigenvalue weighted by atomic mass is 32.2. The third-order valence-corrected chi connectivity index (χ3v) is 8.91. The van der Waals surface area contributed by atoms with Gasteiger partial charge in [0.25, 0.3) is 0 Å². The molecule has 1 unspecified atom stereocenters. The minimum atomic E-state index is -3.59. The summed E-state index contributed by atoms with van der Waals surface area (Å²) in [6.07, 6.45) is 3.60. The summed E-state index contributed by atoms with van der Waals surface area (Å²) in [5.74, 6) is 0.712. The van der Waals surface area contributed by atoms with Crippen molar-refractivity contribution >= 4 is 33.0 Å². The van der Waals surface area contributed by atoms with Crippen LogP contribution in [-0.4, -0.2) is 95.2 Å². The summed E-state index contributed by atoms with van der Waals surface area (Å²) in [6.45, 7) is 13.8. The van der Waals surface area contributed by atoms with Crippen LogP contribution < -0.4 is 4.90 Å². The Kier molecular flexibility index (Phi) is 10.1. The van der Waals surface area contributed by atoms with Crippen LogP contribution in [0, 0.1) is 0 Å². The Labute approximate surface area is 254 Å². The molecule has 3 aromatic heterocycles. The van der Waals surface area contributed by atoms with Crippen molar-refractivity contribution in [1.29, 1.82) is 0 Å². The third-order valence-electron chi connectivity index (χ3n) is 6.94. The number of rotatable bonds is 10. The first-order chi connectivity index (χ1) is 20.3. The average Bonchev–Trinajstić information content (AvgIpc) is 3.34. The Hall–Kier alpha value is -3.55. The highest BCUT2D eigenvalue weighted by molar-refractivity contribution is 7.88. The summed E-state index contributed by atoms with van der Waals surface area (Å²) in [7, 11) is -1.91. The number of nitrogens with one attached hydrogen (secondary N) is 1. The highest BCUT2D eigenvalue weighted by Crippen LogP contribution is 2.26. The van der Waals surface area contributed by atoms with Crippen molar-refractivity contribution in [2.75, 3.05) is 44.8 Å². The molecule has 0 aromatic carbocycles. The van der Waals surface area contributed by atoms with E-state index in [-0.39, 0.29) is 11.8 Å². The normalized spacial score (nSPS) is 16.4. The Morgan fingerprint density at radius 2 is 1.93 bits per heavy atom.